The van der Waals surface area contributed by atoms with E-state index < -0.39 is 22.9 Å². The normalized spacial score (nSPS) is 11.3. The van der Waals surface area contributed by atoms with Crippen LogP contribution in [0.4, 0.5) is 17.3 Å². The number of anilines is 2. The summed E-state index contributed by atoms with van der Waals surface area (Å²) in [6.45, 7) is 1.91. The number of benzene rings is 2. The van der Waals surface area contributed by atoms with Crippen molar-refractivity contribution in [2.75, 3.05) is 17.2 Å². The van der Waals surface area contributed by atoms with Gasteiger partial charge in [0.1, 0.15) is 5.69 Å². The van der Waals surface area contributed by atoms with Gasteiger partial charge in [-0.25, -0.2) is 9.97 Å². The standard InChI is InChI=1S/C22H21N5O5/c1-15-8-9-17(18(14-15)27(30)31)26-21(29)20(16-6-3-2-4-7-16)32-19(28)10-13-25-22-23-11-5-12-24-22/h2-9,11-12,14,20H,10,13H2,1H3,(H,26,29)(H,23,24,25). The van der Waals surface area contributed by atoms with Crippen molar-refractivity contribution in [2.24, 2.45) is 0 Å². The minimum atomic E-state index is -1.28. The van der Waals surface area contributed by atoms with E-state index in [0.717, 1.165) is 0 Å². The van der Waals surface area contributed by atoms with E-state index in [1.165, 1.54) is 12.1 Å². The maximum absolute atomic E-state index is 13.0. The molecule has 1 aromatic heterocycles. The Balaban J connectivity index is 1.71. The fourth-order valence-corrected chi connectivity index (χ4v) is 2.85. The number of aromatic nitrogens is 2. The second-order valence-electron chi connectivity index (χ2n) is 6.80. The van der Waals surface area contributed by atoms with Crippen LogP contribution in [0.1, 0.15) is 23.7 Å². The predicted octanol–water partition coefficient (Wildman–Crippen LogP) is 3.42. The number of amides is 1. The molecule has 0 aliphatic heterocycles. The lowest BCUT2D eigenvalue weighted by Crippen LogP contribution is -2.27. The second kappa shape index (κ2) is 10.6. The monoisotopic (exact) mass is 435 g/mol. The molecule has 10 nitrogen and oxygen atoms in total. The number of carbonyl (C=O) groups excluding carboxylic acids is 2. The summed E-state index contributed by atoms with van der Waals surface area (Å²) in [7, 11) is 0. The van der Waals surface area contributed by atoms with E-state index in [0.29, 0.717) is 17.1 Å². The number of nitro groups is 1. The van der Waals surface area contributed by atoms with E-state index in [9.17, 15) is 19.7 Å². The van der Waals surface area contributed by atoms with Gasteiger partial charge in [0, 0.05) is 30.6 Å². The lowest BCUT2D eigenvalue weighted by Gasteiger charge is -2.18. The van der Waals surface area contributed by atoms with E-state index in [1.54, 1.807) is 61.8 Å². The summed E-state index contributed by atoms with van der Waals surface area (Å²) in [5, 5.41) is 16.8. The predicted molar refractivity (Wildman–Crippen MR) is 117 cm³/mol. The van der Waals surface area contributed by atoms with Gasteiger partial charge in [-0.2, -0.15) is 0 Å². The van der Waals surface area contributed by atoms with Crippen LogP contribution in [0.15, 0.2) is 67.0 Å². The van der Waals surface area contributed by atoms with Crippen LogP contribution in [-0.4, -0.2) is 33.3 Å². The molecule has 0 aliphatic carbocycles. The number of aryl methyl sites for hydroxylation is 1. The van der Waals surface area contributed by atoms with Crippen molar-refractivity contribution in [1.29, 1.82) is 0 Å². The zero-order valence-corrected chi connectivity index (χ0v) is 17.2. The third-order valence-corrected chi connectivity index (χ3v) is 4.38. The summed E-state index contributed by atoms with van der Waals surface area (Å²) < 4.78 is 5.43. The summed E-state index contributed by atoms with van der Waals surface area (Å²) in [5.74, 6) is -0.962. The Morgan fingerprint density at radius 3 is 2.50 bits per heavy atom. The Bertz CT molecular complexity index is 1090. The topological polar surface area (TPSA) is 136 Å². The van der Waals surface area contributed by atoms with E-state index in [1.807, 2.05) is 0 Å². The van der Waals surface area contributed by atoms with E-state index in [-0.39, 0.29) is 24.3 Å². The van der Waals surface area contributed by atoms with Gasteiger partial charge in [-0.15, -0.1) is 0 Å². The van der Waals surface area contributed by atoms with Crippen LogP contribution in [0.25, 0.3) is 0 Å². The molecule has 164 valence electrons. The van der Waals surface area contributed by atoms with Crippen LogP contribution in [0.5, 0.6) is 0 Å². The van der Waals surface area contributed by atoms with Crippen molar-refractivity contribution < 1.29 is 19.2 Å². The number of carbonyl (C=O) groups is 2. The van der Waals surface area contributed by atoms with Gasteiger partial charge in [-0.3, -0.25) is 19.7 Å². The maximum Gasteiger partial charge on any atom is 0.308 e. The average Bonchev–Trinajstić information content (AvgIpc) is 2.79. The van der Waals surface area contributed by atoms with Crippen LogP contribution < -0.4 is 10.6 Å². The quantitative estimate of drug-likeness (QED) is 0.296. The fraction of sp³-hybridized carbons (Fsp3) is 0.182. The minimum absolute atomic E-state index is 0.0190. The van der Waals surface area contributed by atoms with E-state index in [2.05, 4.69) is 20.6 Å². The molecule has 0 bridgehead atoms. The van der Waals surface area contributed by atoms with Crippen LogP contribution in [0.3, 0.4) is 0 Å². The molecule has 10 heteroatoms. The third-order valence-electron chi connectivity index (χ3n) is 4.38. The fourth-order valence-electron chi connectivity index (χ4n) is 2.85. The summed E-state index contributed by atoms with van der Waals surface area (Å²) in [6, 6.07) is 14.5. The number of nitro benzene ring substituents is 1. The van der Waals surface area contributed by atoms with Crippen molar-refractivity contribution in [2.45, 2.75) is 19.4 Å². The third kappa shape index (κ3) is 6.08. The van der Waals surface area contributed by atoms with E-state index in [4.69, 9.17) is 4.74 Å². The molecule has 2 N–H and O–H groups in total. The minimum Gasteiger partial charge on any atom is -0.447 e. The first-order chi connectivity index (χ1) is 15.4. The molecule has 0 spiro atoms. The highest BCUT2D eigenvalue weighted by Crippen LogP contribution is 2.27. The summed E-state index contributed by atoms with van der Waals surface area (Å²) in [4.78, 5) is 44.1. The molecule has 0 saturated heterocycles. The number of rotatable bonds is 9. The van der Waals surface area contributed by atoms with Gasteiger partial charge in [-0.1, -0.05) is 36.4 Å². The number of nitrogens with one attached hydrogen (secondary N) is 2. The first-order valence-corrected chi connectivity index (χ1v) is 9.75. The number of esters is 1. The van der Waals surface area contributed by atoms with Crippen LogP contribution >= 0.6 is 0 Å². The molecule has 0 saturated carbocycles. The Morgan fingerprint density at radius 2 is 1.81 bits per heavy atom. The molecule has 3 rings (SSSR count). The smallest absolute Gasteiger partial charge is 0.308 e. The van der Waals surface area contributed by atoms with Crippen molar-refractivity contribution in [1.82, 2.24) is 9.97 Å². The molecule has 0 aliphatic rings. The molecule has 0 radical (unpaired) electrons. The van der Waals surface area contributed by atoms with Gasteiger partial charge < -0.3 is 15.4 Å². The summed E-state index contributed by atoms with van der Waals surface area (Å²) in [5.41, 5.74) is 0.886. The maximum atomic E-state index is 13.0. The molecule has 32 heavy (non-hydrogen) atoms. The average molecular weight is 435 g/mol. The lowest BCUT2D eigenvalue weighted by molar-refractivity contribution is -0.384. The first-order valence-electron chi connectivity index (χ1n) is 9.75. The number of hydrogen-bond acceptors (Lipinski definition) is 8. The molecule has 3 aromatic rings. The molecular formula is C22H21N5O5. The number of nitrogens with zero attached hydrogens (tertiary/aromatic N) is 3. The van der Waals surface area contributed by atoms with Gasteiger partial charge >= 0.3 is 5.97 Å². The molecule has 1 amide bonds. The van der Waals surface area contributed by atoms with Crippen molar-refractivity contribution in [3.8, 4) is 0 Å². The lowest BCUT2D eigenvalue weighted by atomic mass is 10.1. The summed E-state index contributed by atoms with van der Waals surface area (Å²) >= 11 is 0. The highest BCUT2D eigenvalue weighted by atomic mass is 16.6. The van der Waals surface area contributed by atoms with Gasteiger partial charge in [-0.05, 0) is 24.6 Å². The Kier molecular flexibility index (Phi) is 7.42. The van der Waals surface area contributed by atoms with Crippen LogP contribution in [0, 0.1) is 17.0 Å². The summed E-state index contributed by atoms with van der Waals surface area (Å²) in [6.07, 6.45) is 1.80. The molecule has 1 unspecified atom stereocenters. The molecule has 2 aromatic carbocycles. The van der Waals surface area contributed by atoms with Gasteiger partial charge in [0.05, 0.1) is 11.3 Å². The van der Waals surface area contributed by atoms with Crippen molar-refractivity contribution in [3.05, 3.63) is 88.2 Å². The largest absolute Gasteiger partial charge is 0.447 e. The molecular weight excluding hydrogens is 414 g/mol. The van der Waals surface area contributed by atoms with Crippen molar-refractivity contribution in [3.63, 3.8) is 0 Å². The Morgan fingerprint density at radius 1 is 1.09 bits per heavy atom. The molecule has 0 fully saturated rings. The molecule has 1 atom stereocenters. The van der Waals surface area contributed by atoms with Gasteiger partial charge in [0.25, 0.3) is 11.6 Å². The SMILES string of the molecule is Cc1ccc(NC(=O)C(OC(=O)CCNc2ncccn2)c2ccccc2)c([N+](=O)[O-])c1. The van der Waals surface area contributed by atoms with E-state index >= 15 is 0 Å². The highest BCUT2D eigenvalue weighted by Gasteiger charge is 2.27. The highest BCUT2D eigenvalue weighted by molar-refractivity contribution is 5.97. The Hall–Kier alpha value is -4.34. The zero-order chi connectivity index (χ0) is 22.9. The molecule has 1 heterocycles. The number of hydrogen-bond donors (Lipinski definition) is 2. The Labute approximate surface area is 183 Å². The van der Waals surface area contributed by atoms with Crippen LogP contribution in [0.2, 0.25) is 0 Å². The van der Waals surface area contributed by atoms with Gasteiger partial charge in [0.2, 0.25) is 12.1 Å². The number of ether oxygens (including phenoxy) is 1. The zero-order valence-electron chi connectivity index (χ0n) is 17.2. The first kappa shape index (κ1) is 22.3. The van der Waals surface area contributed by atoms with Crippen molar-refractivity contribution >= 4 is 29.2 Å². The van der Waals surface area contributed by atoms with Crippen LogP contribution in [-0.2, 0) is 14.3 Å². The second-order valence-corrected chi connectivity index (χ2v) is 6.80. The van der Waals surface area contributed by atoms with Gasteiger partial charge in [0.15, 0.2) is 0 Å².